The van der Waals surface area contributed by atoms with E-state index in [2.05, 4.69) is 242 Å². The van der Waals surface area contributed by atoms with Gasteiger partial charge in [-0.1, -0.05) is 308 Å². The maximum Gasteiger partial charge on any atom is 0.248 e. The van der Waals surface area contributed by atoms with Crippen LogP contribution in [0.2, 0.25) is 0 Å². The first-order valence-electron chi connectivity index (χ1n) is 42.7. The number of aryl methyl sites for hydroxylation is 1. The Bertz CT molecular complexity index is 2530. The fourth-order valence-corrected chi connectivity index (χ4v) is 18.0. The summed E-state index contributed by atoms with van der Waals surface area (Å²) >= 11 is 0. The zero-order valence-electron chi connectivity index (χ0n) is 73.3. The van der Waals surface area contributed by atoms with E-state index < -0.39 is 11.6 Å². The molecule has 0 amide bonds. The highest BCUT2D eigenvalue weighted by molar-refractivity contribution is 5.36. The van der Waals surface area contributed by atoms with Crippen molar-refractivity contribution in [3.63, 3.8) is 0 Å². The molecule has 0 N–H and O–H groups in total. The SMILES string of the molecule is C.CC(C)(C)C1(c2ccccc2)CC1.CC(C)(C)C1CC1.CC(C)(C)C1CC2CC2C1.CC(C)(C)C1CCC(F)(F)C1.CC(C)(C)C1CCC1.CC(C)(C)C1CCCC1.CC(C)(C)C1CCCCC1.CC(C)(C)C1CCOCC1.CC(C)(C)C1CCc2ccccc21.CC1(F)CC(C(C)(C)C)C1. The third kappa shape index (κ3) is 33.2. The lowest BCUT2D eigenvalue weighted by molar-refractivity contribution is -0.0289. The van der Waals surface area contributed by atoms with Crippen molar-refractivity contribution in [3.8, 4) is 0 Å². The van der Waals surface area contributed by atoms with Gasteiger partial charge in [-0.15, -0.1) is 0 Å². The minimum atomic E-state index is -2.38. The standard InChI is InChI=1S/2C13H18.C10H18.C10H20.C9H16F2.C9H17F.C9H18O.C9H18.C8H16.C7H14.CH4/c1-13(2,3)12-9-8-10-6-4-5-7-11(10)12;1-12(2,3)13(9-10-13)11-7-5-4-6-8-11;1-10(2,3)9-5-7-4-8(7)6-9;1-10(2,3)9-7-5-4-6-8-9;1-8(2,3)7-4-5-9(10,11)6-7;1-8(2,3)7-5-9(4,10)6-7;1-9(2,3)8-4-6-10-7-5-8;1-9(2,3)8-6-4-5-7-8;1-8(2,3)7-5-4-6-7;1-7(2,3)6-4-5-6;/h4-7,12H,8-9H2,1-3H3;4-8H,9-10H2,1-3H3;7-9H,4-6H2,1-3H3;9H,4-8H2,1-3H3;7H,4-6H2,1-3H3;7H,5-6H2,1-4H3;8H,4-7H2,1-3H3;8H,4-7H2,1-3H3;7H,4-6H2,1-3H3;6H,4-5H2,1-3H3;1H4. The Kier molecular flexibility index (Phi) is 35.4. The summed E-state index contributed by atoms with van der Waals surface area (Å²) in [4.78, 5) is 0. The zero-order chi connectivity index (χ0) is 76.9. The summed E-state index contributed by atoms with van der Waals surface area (Å²) < 4.78 is 43.7. The van der Waals surface area contributed by atoms with E-state index in [-0.39, 0.29) is 31.6 Å². The number of halogens is 3. The van der Waals surface area contributed by atoms with Crippen LogP contribution < -0.4 is 0 Å². The van der Waals surface area contributed by atoms with Gasteiger partial charge in [-0.2, -0.15) is 0 Å². The highest BCUT2D eigenvalue weighted by Crippen LogP contribution is 2.60. The van der Waals surface area contributed by atoms with E-state index in [1.54, 1.807) is 24.5 Å². The van der Waals surface area contributed by atoms with Crippen LogP contribution in [-0.4, -0.2) is 24.8 Å². The van der Waals surface area contributed by atoms with E-state index in [0.29, 0.717) is 66.5 Å². The number of hydrogen-bond donors (Lipinski definition) is 0. The molecule has 596 valence electrons. The molecule has 1 aliphatic heterocycles. The normalized spacial score (nSPS) is 27.0. The van der Waals surface area contributed by atoms with Gasteiger partial charge >= 0.3 is 0 Å². The lowest BCUT2D eigenvalue weighted by Crippen LogP contribution is -2.43. The summed E-state index contributed by atoms with van der Waals surface area (Å²) in [6.45, 7) is 72.8. The maximum atomic E-state index is 13.0. The molecular weight excluding hydrogens is 1250 g/mol. The first kappa shape index (κ1) is 94.4. The van der Waals surface area contributed by atoms with Crippen LogP contribution in [0.25, 0.3) is 0 Å². The van der Waals surface area contributed by atoms with Gasteiger partial charge in [0.1, 0.15) is 5.67 Å². The molecule has 4 heteroatoms. The summed E-state index contributed by atoms with van der Waals surface area (Å²) in [5, 5.41) is 0. The van der Waals surface area contributed by atoms with E-state index in [9.17, 15) is 13.2 Å². The molecule has 10 aliphatic carbocycles. The molecule has 4 atom stereocenters. The first-order valence-corrected chi connectivity index (χ1v) is 42.7. The molecule has 0 radical (unpaired) electrons. The minimum absolute atomic E-state index is 0. The highest BCUT2D eigenvalue weighted by Gasteiger charge is 2.53. The quantitative estimate of drug-likeness (QED) is 0.277. The monoisotopic (exact) mass is 1430 g/mol. The summed E-state index contributed by atoms with van der Waals surface area (Å²) in [5.74, 6) is 7.51. The zero-order valence-corrected chi connectivity index (χ0v) is 73.3. The Balaban J connectivity index is 0.000000296. The molecule has 10 fully saturated rings. The third-order valence-electron chi connectivity index (χ3n) is 27.3. The summed E-state index contributed by atoms with van der Waals surface area (Å²) in [6.07, 6.45) is 35.5. The second-order valence-corrected chi connectivity index (χ2v) is 46.1. The van der Waals surface area contributed by atoms with Crippen molar-refractivity contribution >= 4 is 0 Å². The first-order chi connectivity index (χ1) is 45.9. The van der Waals surface area contributed by atoms with Crippen molar-refractivity contribution in [2.45, 2.75) is 425 Å². The molecule has 2 aromatic rings. The number of ether oxygens (including phenoxy) is 1. The van der Waals surface area contributed by atoms with Crippen LogP contribution in [0.5, 0.6) is 0 Å². The molecule has 11 aliphatic rings. The van der Waals surface area contributed by atoms with E-state index in [0.717, 1.165) is 79.3 Å². The van der Waals surface area contributed by atoms with Gasteiger partial charge in [0.2, 0.25) is 5.92 Å². The predicted molar refractivity (Wildman–Crippen MR) is 447 cm³/mol. The highest BCUT2D eigenvalue weighted by atomic mass is 19.3. The Morgan fingerprint density at radius 1 is 0.333 bits per heavy atom. The molecule has 4 unspecified atom stereocenters. The van der Waals surface area contributed by atoms with Crippen LogP contribution in [0.1, 0.15) is 418 Å². The second-order valence-electron chi connectivity index (χ2n) is 46.1. The van der Waals surface area contributed by atoms with Crippen LogP contribution in [0.15, 0.2) is 54.6 Å². The van der Waals surface area contributed by atoms with E-state index in [4.69, 9.17) is 4.74 Å². The van der Waals surface area contributed by atoms with E-state index in [1.165, 1.54) is 147 Å². The van der Waals surface area contributed by atoms with Gasteiger partial charge in [0.25, 0.3) is 0 Å². The van der Waals surface area contributed by atoms with Crippen molar-refractivity contribution in [2.75, 3.05) is 13.2 Å². The smallest absolute Gasteiger partial charge is 0.248 e. The fourth-order valence-electron chi connectivity index (χ4n) is 18.0. The number of benzene rings is 2. The fraction of sp³-hybridized carbons (Fsp3) is 0.878. The lowest BCUT2D eigenvalue weighted by Gasteiger charge is -2.46. The molecule has 1 saturated heterocycles. The van der Waals surface area contributed by atoms with E-state index >= 15 is 0 Å². The maximum absolute atomic E-state index is 13.0. The predicted octanol–water partition coefficient (Wildman–Crippen LogP) is 32.4. The van der Waals surface area contributed by atoms with Gasteiger partial charge < -0.3 is 4.74 Å². The van der Waals surface area contributed by atoms with E-state index in [1.807, 2.05) is 20.8 Å². The number of alkyl halides is 3. The third-order valence-corrected chi connectivity index (χ3v) is 27.3. The Morgan fingerprint density at radius 2 is 0.696 bits per heavy atom. The molecule has 9 saturated carbocycles. The second kappa shape index (κ2) is 38.2. The Morgan fingerprint density at radius 3 is 0.961 bits per heavy atom. The van der Waals surface area contributed by atoms with Crippen LogP contribution in [0.3, 0.4) is 0 Å². The molecule has 13 rings (SSSR count). The topological polar surface area (TPSA) is 9.23 Å². The van der Waals surface area contributed by atoms with Crippen molar-refractivity contribution in [1.29, 1.82) is 0 Å². The van der Waals surface area contributed by atoms with Crippen molar-refractivity contribution in [1.82, 2.24) is 0 Å². The van der Waals surface area contributed by atoms with Gasteiger partial charge in [-0.3, -0.25) is 0 Å². The van der Waals surface area contributed by atoms with Gasteiger partial charge in [-0.25, -0.2) is 13.2 Å². The average molecular weight is 1430 g/mol. The molecule has 2 aromatic carbocycles. The van der Waals surface area contributed by atoms with Crippen LogP contribution >= 0.6 is 0 Å². The summed E-state index contributed by atoms with van der Waals surface area (Å²) in [6, 6.07) is 19.9. The van der Waals surface area contributed by atoms with Crippen molar-refractivity contribution in [2.24, 2.45) is 113 Å². The molecule has 1 heterocycles. The van der Waals surface area contributed by atoms with Gasteiger partial charge in [-0.05, 0) is 271 Å². The number of rotatable bonds is 1. The summed E-state index contributed by atoms with van der Waals surface area (Å²) in [7, 11) is 0. The summed E-state index contributed by atoms with van der Waals surface area (Å²) in [5.41, 5.74) is 8.96. The Labute approximate surface area is 636 Å². The van der Waals surface area contributed by atoms with Crippen LogP contribution in [-0.2, 0) is 16.6 Å². The number of hydrogen-bond acceptors (Lipinski definition) is 1. The Hall–Kier alpha value is -1.81. The lowest BCUT2D eigenvalue weighted by atomic mass is 9.62. The molecular formula is C98H177F3O. The average Bonchev–Trinajstić information content (AvgIpc) is 1.57. The molecule has 0 spiro atoms. The minimum Gasteiger partial charge on any atom is -0.381 e. The van der Waals surface area contributed by atoms with Gasteiger partial charge in [0.15, 0.2) is 0 Å². The van der Waals surface area contributed by atoms with Crippen LogP contribution in [0.4, 0.5) is 13.2 Å². The van der Waals surface area contributed by atoms with Crippen LogP contribution in [0, 0.1) is 113 Å². The molecule has 1 nitrogen and oxygen atoms in total. The largest absolute Gasteiger partial charge is 0.381 e. The van der Waals surface area contributed by atoms with Crippen molar-refractivity contribution < 1.29 is 17.9 Å². The molecule has 102 heavy (non-hydrogen) atoms. The molecule has 0 bridgehead atoms. The molecule has 0 aromatic heterocycles. The van der Waals surface area contributed by atoms with Crippen molar-refractivity contribution in [3.05, 3.63) is 71.3 Å². The van der Waals surface area contributed by atoms with Gasteiger partial charge in [0, 0.05) is 31.5 Å². The number of fused-ring (bicyclic) bond motifs is 2. The van der Waals surface area contributed by atoms with Gasteiger partial charge in [0.05, 0.1) is 0 Å².